The molecule has 0 unspecified atom stereocenters. The monoisotopic (exact) mass is 295 g/mol. The molecule has 8 heteroatoms. The lowest BCUT2D eigenvalue weighted by molar-refractivity contribution is -0.0548. The SMILES string of the molecule is FC(F)Oc1ccc(CNC2COC2)c(OC(F)F)c1. The molecule has 0 amide bonds. The van der Waals surface area contributed by atoms with Crippen LogP contribution >= 0.6 is 0 Å². The summed E-state index contributed by atoms with van der Waals surface area (Å²) in [5, 5.41) is 3.07. The van der Waals surface area contributed by atoms with Gasteiger partial charge in [0.05, 0.1) is 19.3 Å². The molecule has 0 aliphatic carbocycles. The van der Waals surface area contributed by atoms with Crippen molar-refractivity contribution >= 4 is 0 Å². The molecule has 2 rings (SSSR count). The van der Waals surface area contributed by atoms with Gasteiger partial charge in [-0.3, -0.25) is 0 Å². The second-order valence-electron chi connectivity index (χ2n) is 4.14. The van der Waals surface area contributed by atoms with E-state index in [1.807, 2.05) is 0 Å². The lowest BCUT2D eigenvalue weighted by atomic mass is 10.1. The van der Waals surface area contributed by atoms with Gasteiger partial charge in [0.15, 0.2) is 0 Å². The van der Waals surface area contributed by atoms with Crippen LogP contribution in [0.1, 0.15) is 5.56 Å². The van der Waals surface area contributed by atoms with Crippen LogP contribution in [0.4, 0.5) is 17.6 Å². The summed E-state index contributed by atoms with van der Waals surface area (Å²) in [6.45, 7) is -4.69. The summed E-state index contributed by atoms with van der Waals surface area (Å²) in [5.41, 5.74) is 0.429. The van der Waals surface area contributed by atoms with E-state index in [1.165, 1.54) is 12.1 Å². The smallest absolute Gasteiger partial charge is 0.387 e. The summed E-state index contributed by atoms with van der Waals surface area (Å²) in [5.74, 6) is -0.419. The zero-order valence-corrected chi connectivity index (χ0v) is 10.3. The standard InChI is InChI=1S/C12H13F4NO3/c13-11(14)19-9-2-1-7(4-17-8-5-18-6-8)10(3-9)20-12(15)16/h1-3,8,11-12,17H,4-6H2. The van der Waals surface area contributed by atoms with Gasteiger partial charge in [-0.1, -0.05) is 6.07 Å². The first-order chi connectivity index (χ1) is 9.54. The number of rotatable bonds is 7. The molecule has 1 aliphatic heterocycles. The van der Waals surface area contributed by atoms with Crippen LogP contribution in [-0.4, -0.2) is 32.5 Å². The van der Waals surface area contributed by atoms with Crippen molar-refractivity contribution in [3.05, 3.63) is 23.8 Å². The van der Waals surface area contributed by atoms with Crippen LogP contribution in [0.3, 0.4) is 0 Å². The van der Waals surface area contributed by atoms with Gasteiger partial charge in [0.2, 0.25) is 0 Å². The molecular weight excluding hydrogens is 282 g/mol. The first-order valence-electron chi connectivity index (χ1n) is 5.88. The van der Waals surface area contributed by atoms with E-state index < -0.39 is 13.2 Å². The van der Waals surface area contributed by atoms with Gasteiger partial charge in [-0.05, 0) is 6.07 Å². The molecule has 0 saturated carbocycles. The lowest BCUT2D eigenvalue weighted by Gasteiger charge is -2.27. The molecule has 0 spiro atoms. The predicted molar refractivity (Wildman–Crippen MR) is 61.2 cm³/mol. The first-order valence-corrected chi connectivity index (χ1v) is 5.88. The molecule has 20 heavy (non-hydrogen) atoms. The van der Waals surface area contributed by atoms with Crippen LogP contribution in [-0.2, 0) is 11.3 Å². The number of benzene rings is 1. The Morgan fingerprint density at radius 1 is 1.15 bits per heavy atom. The summed E-state index contributed by atoms with van der Waals surface area (Å²) in [4.78, 5) is 0. The molecule has 1 N–H and O–H groups in total. The number of alkyl halides is 4. The molecule has 0 atom stereocenters. The van der Waals surface area contributed by atoms with Crippen LogP contribution in [0.15, 0.2) is 18.2 Å². The van der Waals surface area contributed by atoms with E-state index >= 15 is 0 Å². The van der Waals surface area contributed by atoms with Crippen molar-refractivity contribution in [1.82, 2.24) is 5.32 Å². The summed E-state index contributed by atoms with van der Waals surface area (Å²) >= 11 is 0. The average molecular weight is 295 g/mol. The normalized spacial score (nSPS) is 15.5. The number of ether oxygens (including phenoxy) is 3. The van der Waals surface area contributed by atoms with Gasteiger partial charge in [0.25, 0.3) is 0 Å². The van der Waals surface area contributed by atoms with Crippen molar-refractivity contribution in [1.29, 1.82) is 0 Å². The number of halogens is 4. The van der Waals surface area contributed by atoms with Crippen LogP contribution < -0.4 is 14.8 Å². The minimum absolute atomic E-state index is 0.159. The number of hydrogen-bond donors (Lipinski definition) is 1. The van der Waals surface area contributed by atoms with Crippen molar-refractivity contribution in [3.8, 4) is 11.5 Å². The van der Waals surface area contributed by atoms with Crippen LogP contribution in [0, 0.1) is 0 Å². The van der Waals surface area contributed by atoms with Crippen molar-refractivity contribution in [2.24, 2.45) is 0 Å². The highest BCUT2D eigenvalue weighted by molar-refractivity contribution is 5.40. The van der Waals surface area contributed by atoms with E-state index in [1.54, 1.807) is 0 Å². The lowest BCUT2D eigenvalue weighted by Crippen LogP contribution is -2.45. The highest BCUT2D eigenvalue weighted by Gasteiger charge is 2.19. The van der Waals surface area contributed by atoms with Crippen molar-refractivity contribution < 1.29 is 31.8 Å². The van der Waals surface area contributed by atoms with Gasteiger partial charge in [-0.15, -0.1) is 0 Å². The first kappa shape index (κ1) is 14.9. The van der Waals surface area contributed by atoms with E-state index in [0.29, 0.717) is 18.8 Å². The zero-order valence-electron chi connectivity index (χ0n) is 10.3. The maximum absolute atomic E-state index is 12.3. The molecule has 1 aliphatic rings. The van der Waals surface area contributed by atoms with E-state index in [0.717, 1.165) is 6.07 Å². The maximum atomic E-state index is 12.3. The minimum atomic E-state index is -3.04. The molecule has 1 heterocycles. The van der Waals surface area contributed by atoms with E-state index in [-0.39, 0.29) is 24.1 Å². The third kappa shape index (κ3) is 4.24. The maximum Gasteiger partial charge on any atom is 0.387 e. The van der Waals surface area contributed by atoms with Crippen LogP contribution in [0.2, 0.25) is 0 Å². The van der Waals surface area contributed by atoms with Gasteiger partial charge in [-0.25, -0.2) is 0 Å². The molecule has 0 aromatic heterocycles. The summed E-state index contributed by atoms with van der Waals surface area (Å²) in [7, 11) is 0. The summed E-state index contributed by atoms with van der Waals surface area (Å²) < 4.78 is 62.2. The summed E-state index contributed by atoms with van der Waals surface area (Å²) in [6, 6.07) is 3.86. The molecule has 112 valence electrons. The largest absolute Gasteiger partial charge is 0.435 e. The molecular formula is C12H13F4NO3. The van der Waals surface area contributed by atoms with Crippen LogP contribution in [0.25, 0.3) is 0 Å². The molecule has 1 saturated heterocycles. The van der Waals surface area contributed by atoms with Gasteiger partial charge < -0.3 is 19.5 Å². The minimum Gasteiger partial charge on any atom is -0.435 e. The molecule has 1 fully saturated rings. The Hall–Kier alpha value is -1.54. The third-order valence-corrected chi connectivity index (χ3v) is 2.70. The zero-order chi connectivity index (χ0) is 14.5. The van der Waals surface area contributed by atoms with E-state index in [9.17, 15) is 17.6 Å². The van der Waals surface area contributed by atoms with E-state index in [4.69, 9.17) is 4.74 Å². The van der Waals surface area contributed by atoms with Crippen LogP contribution in [0.5, 0.6) is 11.5 Å². The van der Waals surface area contributed by atoms with Crippen molar-refractivity contribution in [2.75, 3.05) is 13.2 Å². The Balaban J connectivity index is 2.06. The molecule has 1 aromatic rings. The van der Waals surface area contributed by atoms with Gasteiger partial charge in [0, 0.05) is 18.2 Å². The highest BCUT2D eigenvalue weighted by Crippen LogP contribution is 2.27. The average Bonchev–Trinajstić information content (AvgIpc) is 2.28. The number of hydrogen-bond acceptors (Lipinski definition) is 4. The Bertz CT molecular complexity index is 441. The Labute approximate surface area is 112 Å². The third-order valence-electron chi connectivity index (χ3n) is 2.70. The Kier molecular flexibility index (Phi) is 5.02. The van der Waals surface area contributed by atoms with Crippen molar-refractivity contribution in [2.45, 2.75) is 25.8 Å². The van der Waals surface area contributed by atoms with Gasteiger partial charge in [-0.2, -0.15) is 17.6 Å². The van der Waals surface area contributed by atoms with Gasteiger partial charge >= 0.3 is 13.2 Å². The second-order valence-corrected chi connectivity index (χ2v) is 4.14. The quantitative estimate of drug-likeness (QED) is 0.784. The van der Waals surface area contributed by atoms with E-state index in [2.05, 4.69) is 14.8 Å². The number of nitrogens with one attached hydrogen (secondary N) is 1. The fraction of sp³-hybridized carbons (Fsp3) is 0.500. The second kappa shape index (κ2) is 6.76. The fourth-order valence-corrected chi connectivity index (χ4v) is 1.67. The van der Waals surface area contributed by atoms with Gasteiger partial charge in [0.1, 0.15) is 11.5 Å². The topological polar surface area (TPSA) is 39.7 Å². The Morgan fingerprint density at radius 2 is 1.85 bits per heavy atom. The predicted octanol–water partition coefficient (Wildman–Crippen LogP) is 2.38. The molecule has 0 radical (unpaired) electrons. The highest BCUT2D eigenvalue weighted by atomic mass is 19.3. The Morgan fingerprint density at radius 3 is 2.40 bits per heavy atom. The van der Waals surface area contributed by atoms with Crippen molar-refractivity contribution in [3.63, 3.8) is 0 Å². The molecule has 0 bridgehead atoms. The fourth-order valence-electron chi connectivity index (χ4n) is 1.67. The summed E-state index contributed by atoms with van der Waals surface area (Å²) in [6.07, 6.45) is 0. The molecule has 1 aromatic carbocycles. The molecule has 4 nitrogen and oxygen atoms in total.